The van der Waals surface area contributed by atoms with Crippen LogP contribution in [0, 0.1) is 0 Å². The summed E-state index contributed by atoms with van der Waals surface area (Å²) in [6.45, 7) is 0.989. The minimum absolute atomic E-state index is 0.223. The van der Waals surface area contributed by atoms with Crippen LogP contribution in [0.5, 0.6) is 5.75 Å². The second-order valence-electron chi connectivity index (χ2n) is 4.60. The number of ether oxygens (including phenoxy) is 1. The lowest BCUT2D eigenvalue weighted by Crippen LogP contribution is -2.39. The molecule has 1 aromatic carbocycles. The van der Waals surface area contributed by atoms with E-state index < -0.39 is 0 Å². The average Bonchev–Trinajstić information content (AvgIpc) is 2.40. The molecule has 1 unspecified atom stereocenters. The maximum atomic E-state index is 12.1. The summed E-state index contributed by atoms with van der Waals surface area (Å²) in [4.78, 5) is 12.1. The van der Waals surface area contributed by atoms with Gasteiger partial charge in [-0.05, 0) is 18.2 Å². The van der Waals surface area contributed by atoms with Crippen LogP contribution in [0.1, 0.15) is 12.0 Å². The first-order chi connectivity index (χ1) is 9.19. The van der Waals surface area contributed by atoms with Crippen molar-refractivity contribution in [2.45, 2.75) is 18.9 Å². The van der Waals surface area contributed by atoms with Crippen molar-refractivity contribution < 1.29 is 9.53 Å². The zero-order chi connectivity index (χ0) is 13.7. The number of carbonyl (C=O) groups excluding carboxylic acids is 1. The molecule has 0 amide bonds. The van der Waals surface area contributed by atoms with Gasteiger partial charge >= 0.3 is 0 Å². The van der Waals surface area contributed by atoms with Crippen molar-refractivity contribution in [3.05, 3.63) is 28.8 Å². The van der Waals surface area contributed by atoms with Crippen molar-refractivity contribution in [1.82, 2.24) is 5.32 Å². The van der Waals surface area contributed by atoms with Crippen LogP contribution in [0.4, 0.5) is 0 Å². The maximum Gasteiger partial charge on any atom is 0.138 e. The molecule has 0 spiro atoms. The van der Waals surface area contributed by atoms with Crippen molar-refractivity contribution in [3.63, 3.8) is 0 Å². The Hall–Kier alpha value is -0.710. The van der Waals surface area contributed by atoms with Gasteiger partial charge in [-0.2, -0.15) is 11.8 Å². The molecule has 1 atom stereocenters. The summed E-state index contributed by atoms with van der Waals surface area (Å²) in [5.41, 5.74) is 0.864. The van der Waals surface area contributed by atoms with E-state index in [-0.39, 0.29) is 5.78 Å². The molecule has 2 rings (SSSR count). The maximum absolute atomic E-state index is 12.1. The number of hydrogen-bond acceptors (Lipinski definition) is 4. The van der Waals surface area contributed by atoms with Gasteiger partial charge in [-0.3, -0.25) is 4.79 Å². The summed E-state index contributed by atoms with van der Waals surface area (Å²) in [5.74, 6) is 3.09. The van der Waals surface area contributed by atoms with E-state index in [0.29, 0.717) is 23.9 Å². The molecule has 19 heavy (non-hydrogen) atoms. The topological polar surface area (TPSA) is 38.3 Å². The molecule has 1 saturated heterocycles. The molecule has 0 aliphatic carbocycles. The zero-order valence-corrected chi connectivity index (χ0v) is 12.5. The van der Waals surface area contributed by atoms with Gasteiger partial charge in [0.15, 0.2) is 0 Å². The SMILES string of the molecule is COc1ccc(Cl)cc1CC(=O)CC1CSCCN1. The summed E-state index contributed by atoms with van der Waals surface area (Å²) in [6.07, 6.45) is 0.954. The van der Waals surface area contributed by atoms with Crippen LogP contribution in [0.2, 0.25) is 5.02 Å². The van der Waals surface area contributed by atoms with E-state index in [0.717, 1.165) is 29.4 Å². The average molecular weight is 300 g/mol. The van der Waals surface area contributed by atoms with Crippen LogP contribution in [0.15, 0.2) is 18.2 Å². The molecular formula is C14H18ClNO2S. The highest BCUT2D eigenvalue weighted by atomic mass is 35.5. The lowest BCUT2D eigenvalue weighted by atomic mass is 10.0. The Morgan fingerprint density at radius 1 is 1.58 bits per heavy atom. The first-order valence-corrected chi connectivity index (χ1v) is 7.87. The molecule has 5 heteroatoms. The number of benzene rings is 1. The van der Waals surface area contributed by atoms with Gasteiger partial charge in [0.1, 0.15) is 11.5 Å². The highest BCUT2D eigenvalue weighted by Crippen LogP contribution is 2.24. The van der Waals surface area contributed by atoms with E-state index >= 15 is 0 Å². The molecule has 1 aliphatic heterocycles. The van der Waals surface area contributed by atoms with Gasteiger partial charge in [0.2, 0.25) is 0 Å². The van der Waals surface area contributed by atoms with E-state index in [4.69, 9.17) is 16.3 Å². The van der Waals surface area contributed by atoms with E-state index in [2.05, 4.69) is 5.32 Å². The predicted molar refractivity (Wildman–Crippen MR) is 80.4 cm³/mol. The molecular weight excluding hydrogens is 282 g/mol. The Kier molecular flexibility index (Phi) is 5.55. The molecule has 0 radical (unpaired) electrons. The van der Waals surface area contributed by atoms with Gasteiger partial charge in [-0.25, -0.2) is 0 Å². The van der Waals surface area contributed by atoms with Crippen LogP contribution >= 0.6 is 23.4 Å². The van der Waals surface area contributed by atoms with Gasteiger partial charge in [0.25, 0.3) is 0 Å². The zero-order valence-electron chi connectivity index (χ0n) is 10.9. The molecule has 0 aromatic heterocycles. The summed E-state index contributed by atoms with van der Waals surface area (Å²) >= 11 is 7.87. The Morgan fingerprint density at radius 2 is 2.42 bits per heavy atom. The fraction of sp³-hybridized carbons (Fsp3) is 0.500. The second-order valence-corrected chi connectivity index (χ2v) is 6.19. The summed E-state index contributed by atoms with van der Waals surface area (Å²) < 4.78 is 5.26. The van der Waals surface area contributed by atoms with E-state index in [9.17, 15) is 4.79 Å². The van der Waals surface area contributed by atoms with Gasteiger partial charge in [-0.1, -0.05) is 11.6 Å². The number of carbonyl (C=O) groups is 1. The molecule has 1 heterocycles. The monoisotopic (exact) mass is 299 g/mol. The van der Waals surface area contributed by atoms with Crippen LogP contribution in [0.25, 0.3) is 0 Å². The van der Waals surface area contributed by atoms with Crippen molar-refractivity contribution >= 4 is 29.1 Å². The van der Waals surface area contributed by atoms with Gasteiger partial charge in [0, 0.05) is 47.5 Å². The van der Waals surface area contributed by atoms with E-state index in [1.165, 1.54) is 0 Å². The van der Waals surface area contributed by atoms with E-state index in [1.807, 2.05) is 11.8 Å². The first kappa shape index (κ1) is 14.7. The Bertz CT molecular complexity index is 447. The molecule has 3 nitrogen and oxygen atoms in total. The first-order valence-electron chi connectivity index (χ1n) is 6.34. The van der Waals surface area contributed by atoms with Crippen LogP contribution < -0.4 is 10.1 Å². The predicted octanol–water partition coefficient (Wildman–Crippen LogP) is 2.56. The molecule has 1 N–H and O–H groups in total. The Balaban J connectivity index is 1.95. The largest absolute Gasteiger partial charge is 0.496 e. The van der Waals surface area contributed by atoms with Crippen molar-refractivity contribution in [2.24, 2.45) is 0 Å². The fourth-order valence-corrected chi connectivity index (χ4v) is 3.34. The third-order valence-electron chi connectivity index (χ3n) is 3.10. The minimum atomic E-state index is 0.223. The fourth-order valence-electron chi connectivity index (χ4n) is 2.20. The lowest BCUT2D eigenvalue weighted by Gasteiger charge is -2.22. The molecule has 0 bridgehead atoms. The summed E-state index contributed by atoms with van der Waals surface area (Å²) in [7, 11) is 1.61. The number of nitrogens with one attached hydrogen (secondary N) is 1. The number of halogens is 1. The number of ketones is 1. The minimum Gasteiger partial charge on any atom is -0.496 e. The van der Waals surface area contributed by atoms with Crippen molar-refractivity contribution in [2.75, 3.05) is 25.2 Å². The Labute approximate surface area is 123 Å². The van der Waals surface area contributed by atoms with Crippen molar-refractivity contribution in [3.8, 4) is 5.75 Å². The van der Waals surface area contributed by atoms with Crippen LogP contribution in [-0.2, 0) is 11.2 Å². The van der Waals surface area contributed by atoms with Crippen LogP contribution in [-0.4, -0.2) is 37.0 Å². The molecule has 1 fully saturated rings. The number of hydrogen-bond donors (Lipinski definition) is 1. The number of Topliss-reactive ketones (excluding diaryl/α,β-unsaturated/α-hetero) is 1. The lowest BCUT2D eigenvalue weighted by molar-refractivity contribution is -0.118. The number of methoxy groups -OCH3 is 1. The van der Waals surface area contributed by atoms with Gasteiger partial charge in [0.05, 0.1) is 7.11 Å². The molecule has 0 saturated carbocycles. The van der Waals surface area contributed by atoms with E-state index in [1.54, 1.807) is 25.3 Å². The third-order valence-corrected chi connectivity index (χ3v) is 4.47. The second kappa shape index (κ2) is 7.17. The van der Waals surface area contributed by atoms with Gasteiger partial charge < -0.3 is 10.1 Å². The highest BCUT2D eigenvalue weighted by molar-refractivity contribution is 7.99. The summed E-state index contributed by atoms with van der Waals surface area (Å²) in [5, 5.41) is 4.01. The quantitative estimate of drug-likeness (QED) is 0.907. The van der Waals surface area contributed by atoms with Gasteiger partial charge in [-0.15, -0.1) is 0 Å². The van der Waals surface area contributed by atoms with Crippen LogP contribution in [0.3, 0.4) is 0 Å². The number of rotatable bonds is 5. The standard InChI is InChI=1S/C14H18ClNO2S/c1-18-14-3-2-11(15)6-10(14)7-13(17)8-12-9-19-5-4-16-12/h2-3,6,12,16H,4-5,7-9H2,1H3. The molecule has 1 aliphatic rings. The summed E-state index contributed by atoms with van der Waals surface area (Å²) in [6, 6.07) is 5.69. The van der Waals surface area contributed by atoms with Crippen molar-refractivity contribution in [1.29, 1.82) is 0 Å². The number of thioether (sulfide) groups is 1. The Morgan fingerprint density at radius 3 is 3.11 bits per heavy atom. The smallest absolute Gasteiger partial charge is 0.138 e. The third kappa shape index (κ3) is 4.41. The normalized spacial score (nSPS) is 19.2. The molecule has 104 valence electrons. The molecule has 1 aromatic rings. The highest BCUT2D eigenvalue weighted by Gasteiger charge is 2.18.